The average Bonchev–Trinajstić information content (AvgIpc) is 2.96. The SMILES string of the molecule is O=C(O)CC1(CNC(=O)CCn2ccnc2)CCCCC1. The number of carboxylic acids is 1. The van der Waals surface area contributed by atoms with Gasteiger partial charge in [0.25, 0.3) is 0 Å². The quantitative estimate of drug-likeness (QED) is 0.803. The Hall–Kier alpha value is -1.85. The number of nitrogens with one attached hydrogen (secondary N) is 1. The van der Waals surface area contributed by atoms with Gasteiger partial charge in [0.15, 0.2) is 0 Å². The molecule has 1 aromatic rings. The fourth-order valence-corrected chi connectivity index (χ4v) is 3.06. The number of aromatic nitrogens is 2. The van der Waals surface area contributed by atoms with E-state index in [0.717, 1.165) is 32.1 Å². The number of carbonyl (C=O) groups is 2. The van der Waals surface area contributed by atoms with E-state index in [0.29, 0.717) is 19.5 Å². The minimum Gasteiger partial charge on any atom is -0.481 e. The van der Waals surface area contributed by atoms with Gasteiger partial charge in [0.1, 0.15) is 0 Å². The van der Waals surface area contributed by atoms with Crippen LogP contribution < -0.4 is 5.32 Å². The van der Waals surface area contributed by atoms with E-state index in [9.17, 15) is 9.59 Å². The first-order valence-electron chi connectivity index (χ1n) is 7.54. The van der Waals surface area contributed by atoms with E-state index in [2.05, 4.69) is 10.3 Å². The minimum atomic E-state index is -0.774. The zero-order valence-electron chi connectivity index (χ0n) is 12.3. The summed E-state index contributed by atoms with van der Waals surface area (Å²) in [5.74, 6) is -0.802. The highest BCUT2D eigenvalue weighted by Gasteiger charge is 2.34. The molecule has 116 valence electrons. The van der Waals surface area contributed by atoms with Crippen molar-refractivity contribution < 1.29 is 14.7 Å². The van der Waals surface area contributed by atoms with Crippen LogP contribution in [0.25, 0.3) is 0 Å². The lowest BCUT2D eigenvalue weighted by atomic mass is 9.71. The number of aryl methyl sites for hydroxylation is 1. The van der Waals surface area contributed by atoms with E-state index in [-0.39, 0.29) is 17.7 Å². The molecule has 0 aliphatic heterocycles. The number of hydrogen-bond donors (Lipinski definition) is 2. The van der Waals surface area contributed by atoms with E-state index in [4.69, 9.17) is 5.11 Å². The Morgan fingerprint density at radius 1 is 1.29 bits per heavy atom. The molecule has 0 radical (unpaired) electrons. The third-order valence-corrected chi connectivity index (χ3v) is 4.26. The summed E-state index contributed by atoms with van der Waals surface area (Å²) in [4.78, 5) is 26.9. The Kier molecular flexibility index (Phi) is 5.36. The van der Waals surface area contributed by atoms with E-state index in [1.807, 2.05) is 10.8 Å². The molecule has 0 saturated heterocycles. The summed E-state index contributed by atoms with van der Waals surface area (Å²) in [6, 6.07) is 0. The number of amides is 1. The molecule has 1 fully saturated rings. The molecule has 6 nitrogen and oxygen atoms in total. The van der Waals surface area contributed by atoms with Crippen molar-refractivity contribution in [2.75, 3.05) is 6.54 Å². The number of hydrogen-bond acceptors (Lipinski definition) is 3. The van der Waals surface area contributed by atoms with Crippen molar-refractivity contribution in [3.8, 4) is 0 Å². The van der Waals surface area contributed by atoms with Gasteiger partial charge in [-0.2, -0.15) is 0 Å². The summed E-state index contributed by atoms with van der Waals surface area (Å²) in [5, 5.41) is 12.0. The summed E-state index contributed by atoms with van der Waals surface area (Å²) in [5.41, 5.74) is -0.255. The molecule has 6 heteroatoms. The Morgan fingerprint density at radius 3 is 2.67 bits per heavy atom. The Balaban J connectivity index is 1.80. The summed E-state index contributed by atoms with van der Waals surface area (Å²) in [6.07, 6.45) is 10.8. The van der Waals surface area contributed by atoms with Gasteiger partial charge in [-0.05, 0) is 18.3 Å². The lowest BCUT2D eigenvalue weighted by molar-refractivity contribution is -0.140. The summed E-state index contributed by atoms with van der Waals surface area (Å²) < 4.78 is 1.85. The molecule has 1 aliphatic rings. The molecule has 0 atom stereocenters. The standard InChI is InChI=1S/C15H23N3O3/c19-13(4-8-18-9-7-16-12-18)17-11-15(10-14(20)21)5-2-1-3-6-15/h7,9,12H,1-6,8,10-11H2,(H,17,19)(H,20,21). The summed E-state index contributed by atoms with van der Waals surface area (Å²) in [6.45, 7) is 1.07. The van der Waals surface area contributed by atoms with Crippen LogP contribution in [0.1, 0.15) is 44.9 Å². The van der Waals surface area contributed by atoms with Gasteiger partial charge in [-0.25, -0.2) is 4.98 Å². The van der Waals surface area contributed by atoms with Gasteiger partial charge in [-0.3, -0.25) is 9.59 Å². The first-order valence-corrected chi connectivity index (χ1v) is 7.54. The van der Waals surface area contributed by atoms with Crippen molar-refractivity contribution in [3.63, 3.8) is 0 Å². The number of aliphatic carboxylic acids is 1. The maximum absolute atomic E-state index is 11.9. The fourth-order valence-electron chi connectivity index (χ4n) is 3.06. The van der Waals surface area contributed by atoms with Gasteiger partial charge in [0, 0.05) is 31.9 Å². The summed E-state index contributed by atoms with van der Waals surface area (Å²) in [7, 11) is 0. The third-order valence-electron chi connectivity index (χ3n) is 4.26. The smallest absolute Gasteiger partial charge is 0.303 e. The molecule has 2 rings (SSSR count). The van der Waals surface area contributed by atoms with Crippen molar-refractivity contribution in [2.24, 2.45) is 5.41 Å². The van der Waals surface area contributed by atoms with Crippen LogP contribution in [0.5, 0.6) is 0 Å². The predicted molar refractivity (Wildman–Crippen MR) is 77.6 cm³/mol. The molecular weight excluding hydrogens is 270 g/mol. The van der Waals surface area contributed by atoms with Crippen molar-refractivity contribution in [1.29, 1.82) is 0 Å². The largest absolute Gasteiger partial charge is 0.481 e. The van der Waals surface area contributed by atoms with E-state index >= 15 is 0 Å². The van der Waals surface area contributed by atoms with Gasteiger partial charge >= 0.3 is 5.97 Å². The van der Waals surface area contributed by atoms with E-state index in [1.54, 1.807) is 12.5 Å². The zero-order chi connectivity index (χ0) is 15.1. The van der Waals surface area contributed by atoms with Crippen molar-refractivity contribution in [2.45, 2.75) is 51.5 Å². The van der Waals surface area contributed by atoms with Crippen LogP contribution in [0.3, 0.4) is 0 Å². The van der Waals surface area contributed by atoms with Crippen LogP contribution in [0.15, 0.2) is 18.7 Å². The average molecular weight is 293 g/mol. The second-order valence-corrected chi connectivity index (χ2v) is 5.96. The molecule has 1 heterocycles. The number of carboxylic acid groups (broad SMARTS) is 1. The lowest BCUT2D eigenvalue weighted by Gasteiger charge is -2.36. The van der Waals surface area contributed by atoms with Crippen LogP contribution in [0.2, 0.25) is 0 Å². The van der Waals surface area contributed by atoms with Gasteiger partial charge in [-0.15, -0.1) is 0 Å². The molecule has 1 aromatic heterocycles. The van der Waals surface area contributed by atoms with Crippen LogP contribution in [-0.4, -0.2) is 33.1 Å². The molecule has 2 N–H and O–H groups in total. The van der Waals surface area contributed by atoms with Crippen molar-refractivity contribution in [3.05, 3.63) is 18.7 Å². The second kappa shape index (κ2) is 7.24. The van der Waals surface area contributed by atoms with Crippen molar-refractivity contribution >= 4 is 11.9 Å². The highest BCUT2D eigenvalue weighted by Crippen LogP contribution is 2.38. The van der Waals surface area contributed by atoms with Gasteiger partial charge < -0.3 is 15.0 Å². The van der Waals surface area contributed by atoms with Crippen LogP contribution >= 0.6 is 0 Å². The topological polar surface area (TPSA) is 84.2 Å². The first kappa shape index (κ1) is 15.5. The third kappa shape index (κ3) is 4.88. The van der Waals surface area contributed by atoms with Gasteiger partial charge in [-0.1, -0.05) is 19.3 Å². The normalized spacial score (nSPS) is 17.3. The Bertz CT molecular complexity index is 465. The molecule has 0 unspecified atom stereocenters. The van der Waals surface area contributed by atoms with Crippen LogP contribution in [0, 0.1) is 5.41 Å². The molecule has 1 amide bonds. The molecule has 21 heavy (non-hydrogen) atoms. The Labute approximate surface area is 124 Å². The molecule has 1 saturated carbocycles. The summed E-state index contributed by atoms with van der Waals surface area (Å²) >= 11 is 0. The molecule has 1 aliphatic carbocycles. The van der Waals surface area contributed by atoms with Gasteiger partial charge in [0.05, 0.1) is 12.7 Å². The number of imidazole rings is 1. The lowest BCUT2D eigenvalue weighted by Crippen LogP contribution is -2.40. The molecular formula is C15H23N3O3. The first-order chi connectivity index (χ1) is 10.1. The molecule has 0 aromatic carbocycles. The second-order valence-electron chi connectivity index (χ2n) is 5.96. The van der Waals surface area contributed by atoms with E-state index < -0.39 is 5.97 Å². The van der Waals surface area contributed by atoms with Crippen LogP contribution in [-0.2, 0) is 16.1 Å². The fraction of sp³-hybridized carbons (Fsp3) is 0.667. The van der Waals surface area contributed by atoms with E-state index in [1.165, 1.54) is 0 Å². The Morgan fingerprint density at radius 2 is 2.05 bits per heavy atom. The van der Waals surface area contributed by atoms with Gasteiger partial charge in [0.2, 0.25) is 5.91 Å². The highest BCUT2D eigenvalue weighted by molar-refractivity contribution is 5.76. The van der Waals surface area contributed by atoms with Crippen molar-refractivity contribution in [1.82, 2.24) is 14.9 Å². The molecule has 0 bridgehead atoms. The highest BCUT2D eigenvalue weighted by atomic mass is 16.4. The zero-order valence-corrected chi connectivity index (χ0v) is 12.3. The van der Waals surface area contributed by atoms with Crippen LogP contribution in [0.4, 0.5) is 0 Å². The minimum absolute atomic E-state index is 0.0287. The predicted octanol–water partition coefficient (Wildman–Crippen LogP) is 1.81. The molecule has 0 spiro atoms. The monoisotopic (exact) mass is 293 g/mol. The number of nitrogens with zero attached hydrogens (tertiary/aromatic N) is 2. The maximum atomic E-state index is 11.9. The number of rotatable bonds is 7. The maximum Gasteiger partial charge on any atom is 0.303 e. The number of carbonyl (C=O) groups excluding carboxylic acids is 1.